The van der Waals surface area contributed by atoms with E-state index in [0.717, 1.165) is 0 Å². The maximum atomic E-state index is 2.61. The van der Waals surface area contributed by atoms with E-state index in [-0.39, 0.29) is 0 Å². The summed E-state index contributed by atoms with van der Waals surface area (Å²) < 4.78 is 0. The summed E-state index contributed by atoms with van der Waals surface area (Å²) in [4.78, 5) is 0. The summed E-state index contributed by atoms with van der Waals surface area (Å²) in [7, 11) is -0.284. The van der Waals surface area contributed by atoms with Gasteiger partial charge in [-0.2, -0.15) is 21.3 Å². The summed E-state index contributed by atoms with van der Waals surface area (Å²) in [5.74, 6) is 0. The van der Waals surface area contributed by atoms with Crippen LogP contribution in [-0.4, -0.2) is 20.8 Å². The Bertz CT molecular complexity index is 1390. The second-order valence-electron chi connectivity index (χ2n) is 11.2. The first-order chi connectivity index (χ1) is 21.0. The van der Waals surface area contributed by atoms with Crippen molar-refractivity contribution in [3.63, 3.8) is 0 Å². The van der Waals surface area contributed by atoms with Gasteiger partial charge in [0.1, 0.15) is 0 Å². The zero-order chi connectivity index (χ0) is 29.6. The van der Waals surface area contributed by atoms with Gasteiger partial charge in [0.2, 0.25) is 14.4 Å². The van der Waals surface area contributed by atoms with E-state index >= 15 is 0 Å². The highest BCUT2D eigenvalue weighted by molar-refractivity contribution is 8.77. The molecule has 6 aromatic rings. The Hall–Kier alpha value is -3.33. The van der Waals surface area contributed by atoms with Crippen molar-refractivity contribution in [1.82, 2.24) is 0 Å². The van der Waals surface area contributed by atoms with E-state index in [9.17, 15) is 0 Å². The van der Waals surface area contributed by atoms with Crippen LogP contribution in [0.2, 0.25) is 13.1 Å². The molecular formula is C38H36S2Si3. The molecule has 0 saturated heterocycles. The van der Waals surface area contributed by atoms with Crippen molar-refractivity contribution >= 4 is 73.3 Å². The molecule has 212 valence electrons. The molecule has 0 saturated carbocycles. The van der Waals surface area contributed by atoms with Crippen LogP contribution < -0.4 is 31.1 Å². The van der Waals surface area contributed by atoms with E-state index in [1.165, 1.54) is 31.1 Å². The fraction of sp³-hybridized carbons (Fsp3) is 0.0526. The molecule has 0 amide bonds. The molecule has 43 heavy (non-hydrogen) atoms. The lowest BCUT2D eigenvalue weighted by Gasteiger charge is -2.43. The highest BCUT2D eigenvalue weighted by Crippen LogP contribution is 2.42. The Morgan fingerprint density at radius 1 is 0.279 bits per heavy atom. The average molecular weight is 641 g/mol. The minimum absolute atomic E-state index is 1.46. The van der Waals surface area contributed by atoms with Gasteiger partial charge < -0.3 is 0 Å². The van der Waals surface area contributed by atoms with E-state index in [1.807, 2.05) is 0 Å². The lowest BCUT2D eigenvalue weighted by atomic mass is 10.3. The summed E-state index contributed by atoms with van der Waals surface area (Å²) >= 11 is 0. The number of benzene rings is 6. The van der Waals surface area contributed by atoms with Crippen LogP contribution in [0, 0.1) is 0 Å². The smallest absolute Gasteiger partial charge is 0.181 e. The molecule has 0 unspecified atom stereocenters. The second kappa shape index (κ2) is 13.1. The topological polar surface area (TPSA) is 0 Å². The van der Waals surface area contributed by atoms with Crippen molar-refractivity contribution in [2.45, 2.75) is 13.1 Å². The predicted molar refractivity (Wildman–Crippen MR) is 201 cm³/mol. The Labute approximate surface area is 266 Å². The fourth-order valence-electron chi connectivity index (χ4n) is 6.15. The molecule has 0 radical (unpaired) electrons. The van der Waals surface area contributed by atoms with Crippen LogP contribution >= 0.6 is 21.3 Å². The van der Waals surface area contributed by atoms with Crippen LogP contribution in [0.5, 0.6) is 0 Å². The van der Waals surface area contributed by atoms with Crippen LogP contribution in [0.1, 0.15) is 0 Å². The third-order valence-electron chi connectivity index (χ3n) is 7.88. The molecule has 0 atom stereocenters. The molecule has 5 heteroatoms. The normalized spacial score (nSPS) is 12.1. The van der Waals surface area contributed by atoms with Gasteiger partial charge in [-0.15, -0.1) is 0 Å². The van der Waals surface area contributed by atoms with Gasteiger partial charge in [0.05, 0.1) is 0 Å². The molecule has 0 N–H and O–H groups in total. The number of rotatable bonds is 10. The highest BCUT2D eigenvalue weighted by Gasteiger charge is 2.51. The van der Waals surface area contributed by atoms with Crippen LogP contribution in [0.4, 0.5) is 0 Å². The Kier molecular flexibility index (Phi) is 9.07. The molecule has 0 spiro atoms. The molecule has 0 aliphatic carbocycles. The minimum atomic E-state index is -2.48. The van der Waals surface area contributed by atoms with Crippen molar-refractivity contribution in [2.75, 3.05) is 0 Å². The SMILES string of the molecule is C[Si](C)(S[Si](c1ccccc1)(c1ccccc1)c1ccccc1)S[Si](c1ccccc1)(c1ccccc1)c1ccccc1. The minimum Gasteiger partial charge on any atom is -0.181 e. The van der Waals surface area contributed by atoms with Crippen LogP contribution in [0.25, 0.3) is 0 Å². The molecule has 0 heterocycles. The van der Waals surface area contributed by atoms with Gasteiger partial charge in [-0.3, -0.25) is 0 Å². The van der Waals surface area contributed by atoms with E-state index in [2.05, 4.69) is 216 Å². The Morgan fingerprint density at radius 3 is 0.605 bits per heavy atom. The standard InChI is InChI=1S/C38H36S2Si3/c1-41(2,39-42(33-21-9-3-10-22-33,34-23-11-4-12-24-34)35-25-13-5-14-26-35)40-43(36-27-15-6-16-28-36,37-29-17-7-18-30-37)38-31-19-8-20-32-38/h3-32H,1-2H3. The molecule has 0 fully saturated rings. The average Bonchev–Trinajstić information content (AvgIpc) is 3.08. The van der Waals surface area contributed by atoms with Crippen molar-refractivity contribution in [3.05, 3.63) is 182 Å². The van der Waals surface area contributed by atoms with E-state index in [1.54, 1.807) is 0 Å². The van der Waals surface area contributed by atoms with Gasteiger partial charge >= 0.3 is 0 Å². The van der Waals surface area contributed by atoms with Gasteiger partial charge in [0.15, 0.2) is 6.37 Å². The largest absolute Gasteiger partial charge is 0.204 e. The van der Waals surface area contributed by atoms with E-state index in [0.29, 0.717) is 0 Å². The fourth-order valence-corrected chi connectivity index (χ4v) is 54.7. The van der Waals surface area contributed by atoms with Gasteiger partial charge in [-0.1, -0.05) is 195 Å². The van der Waals surface area contributed by atoms with Gasteiger partial charge in [0, 0.05) is 0 Å². The zero-order valence-corrected chi connectivity index (χ0v) is 29.3. The molecular weight excluding hydrogens is 605 g/mol. The van der Waals surface area contributed by atoms with Gasteiger partial charge in [0.25, 0.3) is 0 Å². The third-order valence-corrected chi connectivity index (χ3v) is 44.2. The molecule has 0 nitrogen and oxygen atoms in total. The van der Waals surface area contributed by atoms with Crippen LogP contribution in [0.3, 0.4) is 0 Å². The summed E-state index contributed by atoms with van der Waals surface area (Å²) in [5.41, 5.74) is 0. The van der Waals surface area contributed by atoms with Crippen LogP contribution in [0.15, 0.2) is 182 Å². The second-order valence-corrected chi connectivity index (χ2v) is 36.0. The van der Waals surface area contributed by atoms with E-state index in [4.69, 9.17) is 0 Å². The molecule has 0 aromatic heterocycles. The highest BCUT2D eigenvalue weighted by atomic mass is 32.7. The summed E-state index contributed by atoms with van der Waals surface area (Å²) in [6.45, 7) is 5.21. The molecule has 0 aliphatic rings. The molecule has 0 aliphatic heterocycles. The van der Waals surface area contributed by atoms with Crippen molar-refractivity contribution in [1.29, 1.82) is 0 Å². The summed E-state index contributed by atoms with van der Waals surface area (Å²) in [5, 5.41) is 8.78. The zero-order valence-electron chi connectivity index (χ0n) is 24.6. The maximum absolute atomic E-state index is 2.61. The monoisotopic (exact) mass is 640 g/mol. The number of hydrogen-bond acceptors (Lipinski definition) is 2. The Balaban J connectivity index is 1.58. The summed E-state index contributed by atoms with van der Waals surface area (Å²) in [6, 6.07) is 68.2. The first-order valence-corrected chi connectivity index (χ1v) is 26.3. The lowest BCUT2D eigenvalue weighted by molar-refractivity contribution is 1.70. The van der Waals surface area contributed by atoms with Gasteiger partial charge in [-0.25, -0.2) is 0 Å². The maximum Gasteiger partial charge on any atom is 0.204 e. The molecule has 6 rings (SSSR count). The predicted octanol–water partition coefficient (Wildman–Crippen LogP) is 6.49. The van der Waals surface area contributed by atoms with Crippen molar-refractivity contribution in [3.8, 4) is 0 Å². The number of hydrogen-bond donors (Lipinski definition) is 0. The molecule has 0 bridgehead atoms. The molecule has 6 aromatic carbocycles. The lowest BCUT2D eigenvalue weighted by Crippen LogP contribution is -2.69. The van der Waals surface area contributed by atoms with Crippen LogP contribution in [-0.2, 0) is 0 Å². The first kappa shape index (κ1) is 29.7. The quantitative estimate of drug-likeness (QED) is 0.124. The first-order valence-electron chi connectivity index (χ1n) is 14.8. The van der Waals surface area contributed by atoms with E-state index < -0.39 is 20.8 Å². The van der Waals surface area contributed by atoms with Gasteiger partial charge in [-0.05, 0) is 31.1 Å². The van der Waals surface area contributed by atoms with Crippen molar-refractivity contribution in [2.24, 2.45) is 0 Å². The van der Waals surface area contributed by atoms with Crippen molar-refractivity contribution < 1.29 is 0 Å². The third kappa shape index (κ3) is 6.06. The Morgan fingerprint density at radius 2 is 0.442 bits per heavy atom. The summed E-state index contributed by atoms with van der Waals surface area (Å²) in [6.07, 6.45) is -2.11.